The molecule has 2 aromatic rings. The van der Waals surface area contributed by atoms with E-state index in [1.54, 1.807) is 4.57 Å². The molecule has 0 saturated heterocycles. The first-order valence-corrected chi connectivity index (χ1v) is 4.43. The summed E-state index contributed by atoms with van der Waals surface area (Å²) in [7, 11) is 0. The molecule has 1 atom stereocenters. The van der Waals surface area contributed by atoms with Gasteiger partial charge < -0.3 is 20.5 Å². The molecule has 2 rings (SSSR count). The van der Waals surface area contributed by atoms with Crippen molar-refractivity contribution in [3.63, 3.8) is 0 Å². The minimum absolute atomic E-state index is 0.162. The molecule has 15 heavy (non-hydrogen) atoms. The van der Waals surface area contributed by atoms with Crippen LogP contribution in [-0.4, -0.2) is 42.4 Å². The Balaban J connectivity index is 2.36. The van der Waals surface area contributed by atoms with Crippen molar-refractivity contribution in [2.75, 3.05) is 12.3 Å². The van der Waals surface area contributed by atoms with Gasteiger partial charge in [0.1, 0.15) is 5.52 Å². The van der Waals surface area contributed by atoms with Gasteiger partial charge in [-0.1, -0.05) is 0 Å². The smallest absolute Gasteiger partial charge is 0.222 e. The van der Waals surface area contributed by atoms with Gasteiger partial charge in [0.25, 0.3) is 0 Å². The van der Waals surface area contributed by atoms with Crippen molar-refractivity contribution in [3.05, 3.63) is 12.5 Å². The summed E-state index contributed by atoms with van der Waals surface area (Å²) < 4.78 is 1.66. The number of aromatic nitrogens is 4. The highest BCUT2D eigenvalue weighted by molar-refractivity contribution is 5.70. The van der Waals surface area contributed by atoms with Gasteiger partial charge in [0.2, 0.25) is 5.95 Å². The number of hydrogen-bond donors (Lipinski definition) is 3. The zero-order valence-corrected chi connectivity index (χ0v) is 7.91. The maximum absolute atomic E-state index is 9.28. The summed E-state index contributed by atoms with van der Waals surface area (Å²) in [5, 5.41) is 18.0. The molecule has 0 bridgehead atoms. The molecule has 0 fully saturated rings. The second-order valence-electron chi connectivity index (χ2n) is 3.17. The van der Waals surface area contributed by atoms with Crippen LogP contribution in [0, 0.1) is 0 Å². The van der Waals surface area contributed by atoms with Crippen molar-refractivity contribution >= 4 is 17.1 Å². The Hall–Kier alpha value is -1.73. The van der Waals surface area contributed by atoms with E-state index in [1.165, 1.54) is 12.5 Å². The van der Waals surface area contributed by atoms with Crippen LogP contribution in [0.15, 0.2) is 12.5 Å². The summed E-state index contributed by atoms with van der Waals surface area (Å²) in [4.78, 5) is 11.8. The number of imidazole rings is 1. The van der Waals surface area contributed by atoms with Crippen LogP contribution in [0.1, 0.15) is 0 Å². The molecule has 2 heterocycles. The lowest BCUT2D eigenvalue weighted by atomic mass is 10.3. The highest BCUT2D eigenvalue weighted by Gasteiger charge is 2.08. The molecule has 0 amide bonds. The van der Waals surface area contributed by atoms with Crippen molar-refractivity contribution < 1.29 is 10.2 Å². The molecule has 4 N–H and O–H groups in total. The van der Waals surface area contributed by atoms with Gasteiger partial charge in [0.05, 0.1) is 31.8 Å². The second kappa shape index (κ2) is 3.79. The van der Waals surface area contributed by atoms with E-state index in [-0.39, 0.29) is 19.1 Å². The van der Waals surface area contributed by atoms with E-state index >= 15 is 0 Å². The van der Waals surface area contributed by atoms with Gasteiger partial charge in [-0.05, 0) is 0 Å². The van der Waals surface area contributed by atoms with Gasteiger partial charge in [-0.3, -0.25) is 0 Å². The standard InChI is InChI=1S/C8H11N5O2/c9-8-10-1-6-7(12-8)11-4-13(6)2-5(15)3-14/h1,4-5,14-15H,2-3H2,(H2,9,10,12)/t5-/m0/s1. The van der Waals surface area contributed by atoms with Crippen LogP contribution in [0.5, 0.6) is 0 Å². The van der Waals surface area contributed by atoms with Crippen LogP contribution in [0.25, 0.3) is 11.2 Å². The van der Waals surface area contributed by atoms with E-state index in [9.17, 15) is 5.11 Å². The van der Waals surface area contributed by atoms with Crippen molar-refractivity contribution in [3.8, 4) is 0 Å². The highest BCUT2D eigenvalue weighted by Crippen LogP contribution is 2.10. The average molecular weight is 209 g/mol. The minimum atomic E-state index is -0.819. The Morgan fingerprint density at radius 3 is 3.00 bits per heavy atom. The van der Waals surface area contributed by atoms with Gasteiger partial charge >= 0.3 is 0 Å². The van der Waals surface area contributed by atoms with Gasteiger partial charge in [0, 0.05) is 0 Å². The van der Waals surface area contributed by atoms with Crippen LogP contribution in [0.3, 0.4) is 0 Å². The molecule has 0 spiro atoms. The molecule has 7 nitrogen and oxygen atoms in total. The SMILES string of the molecule is Nc1ncc2c(ncn2C[C@H](O)CO)n1. The molecule has 0 unspecified atom stereocenters. The maximum atomic E-state index is 9.28. The fourth-order valence-electron chi connectivity index (χ4n) is 1.29. The number of rotatable bonds is 3. The number of nitrogen functional groups attached to an aromatic ring is 1. The Kier molecular flexibility index (Phi) is 2.48. The van der Waals surface area contributed by atoms with Crippen LogP contribution in [0.4, 0.5) is 5.95 Å². The van der Waals surface area contributed by atoms with Crippen molar-refractivity contribution in [2.45, 2.75) is 12.6 Å². The fraction of sp³-hybridized carbons (Fsp3) is 0.375. The maximum Gasteiger partial charge on any atom is 0.222 e. The summed E-state index contributed by atoms with van der Waals surface area (Å²) in [6, 6.07) is 0. The first-order chi connectivity index (χ1) is 7.20. The van der Waals surface area contributed by atoms with Gasteiger partial charge in [-0.25, -0.2) is 9.97 Å². The summed E-state index contributed by atoms with van der Waals surface area (Å²) >= 11 is 0. The van der Waals surface area contributed by atoms with E-state index in [0.717, 1.165) is 0 Å². The lowest BCUT2D eigenvalue weighted by Gasteiger charge is -2.08. The van der Waals surface area contributed by atoms with Crippen LogP contribution < -0.4 is 5.73 Å². The summed E-state index contributed by atoms with van der Waals surface area (Å²) in [6.45, 7) is -0.0459. The highest BCUT2D eigenvalue weighted by atomic mass is 16.3. The molecule has 0 radical (unpaired) electrons. The van der Waals surface area contributed by atoms with E-state index < -0.39 is 6.10 Å². The quantitative estimate of drug-likeness (QED) is 0.583. The third kappa shape index (κ3) is 1.88. The van der Waals surface area contributed by atoms with Crippen molar-refractivity contribution in [2.24, 2.45) is 0 Å². The molecular formula is C8H11N5O2. The largest absolute Gasteiger partial charge is 0.394 e. The Bertz CT molecular complexity index is 469. The summed E-state index contributed by atoms with van der Waals surface area (Å²) in [5.74, 6) is 0.162. The monoisotopic (exact) mass is 209 g/mol. The molecule has 0 aromatic carbocycles. The molecule has 0 aliphatic carbocycles. The third-order valence-electron chi connectivity index (χ3n) is 2.02. The Morgan fingerprint density at radius 1 is 1.47 bits per heavy atom. The van der Waals surface area contributed by atoms with E-state index in [0.29, 0.717) is 11.2 Å². The van der Waals surface area contributed by atoms with Crippen molar-refractivity contribution in [1.29, 1.82) is 0 Å². The molecule has 0 saturated carbocycles. The summed E-state index contributed by atoms with van der Waals surface area (Å²) in [5.41, 5.74) is 6.56. The number of anilines is 1. The fourth-order valence-corrected chi connectivity index (χ4v) is 1.29. The number of nitrogens with two attached hydrogens (primary N) is 1. The van der Waals surface area contributed by atoms with E-state index in [4.69, 9.17) is 10.8 Å². The molecule has 0 aliphatic rings. The van der Waals surface area contributed by atoms with Gasteiger partial charge in [-0.15, -0.1) is 0 Å². The second-order valence-corrected chi connectivity index (χ2v) is 3.17. The summed E-state index contributed by atoms with van der Waals surface area (Å²) in [6.07, 6.45) is 2.24. The molecule has 80 valence electrons. The van der Waals surface area contributed by atoms with Gasteiger partial charge in [0.15, 0.2) is 5.65 Å². The lowest BCUT2D eigenvalue weighted by Crippen LogP contribution is -2.19. The number of aliphatic hydroxyl groups excluding tert-OH is 2. The Morgan fingerprint density at radius 2 is 2.27 bits per heavy atom. The zero-order valence-electron chi connectivity index (χ0n) is 7.91. The normalized spacial score (nSPS) is 13.2. The van der Waals surface area contributed by atoms with Crippen LogP contribution in [0.2, 0.25) is 0 Å². The van der Waals surface area contributed by atoms with E-state index in [1.807, 2.05) is 0 Å². The lowest BCUT2D eigenvalue weighted by molar-refractivity contribution is 0.0821. The van der Waals surface area contributed by atoms with Crippen molar-refractivity contribution in [1.82, 2.24) is 19.5 Å². The average Bonchev–Trinajstić information content (AvgIpc) is 2.60. The topological polar surface area (TPSA) is 110 Å². The molecule has 0 aliphatic heterocycles. The van der Waals surface area contributed by atoms with Crippen LogP contribution >= 0.6 is 0 Å². The minimum Gasteiger partial charge on any atom is -0.394 e. The molecule has 2 aromatic heterocycles. The number of aliphatic hydroxyl groups is 2. The predicted octanol–water partition coefficient (Wildman–Crippen LogP) is -1.24. The zero-order chi connectivity index (χ0) is 10.8. The Labute approximate surface area is 85.2 Å². The van der Waals surface area contributed by atoms with Crippen LogP contribution in [-0.2, 0) is 6.54 Å². The van der Waals surface area contributed by atoms with E-state index in [2.05, 4.69) is 15.0 Å². The third-order valence-corrected chi connectivity index (χ3v) is 2.02. The molecule has 7 heteroatoms. The first kappa shape index (κ1) is 9.81. The molecular weight excluding hydrogens is 198 g/mol. The number of hydrogen-bond acceptors (Lipinski definition) is 6. The van der Waals surface area contributed by atoms with Gasteiger partial charge in [-0.2, -0.15) is 4.98 Å². The number of nitrogens with zero attached hydrogens (tertiary/aromatic N) is 4. The number of fused-ring (bicyclic) bond motifs is 1. The predicted molar refractivity (Wildman–Crippen MR) is 52.8 cm³/mol. The first-order valence-electron chi connectivity index (χ1n) is 4.43.